The van der Waals surface area contributed by atoms with Gasteiger partial charge in [0.15, 0.2) is 11.6 Å². The van der Waals surface area contributed by atoms with Crippen LogP contribution in [0, 0.1) is 0 Å². The number of hydrogen-bond donors (Lipinski definition) is 0. The molecule has 0 unspecified atom stereocenters. The molecule has 0 spiro atoms. The average molecular weight is 797 g/mol. The first-order valence-electron chi connectivity index (χ1n) is 21.2. The Morgan fingerprint density at radius 1 is 0.355 bits per heavy atom. The minimum atomic E-state index is 0.543. The lowest BCUT2D eigenvalue weighted by molar-refractivity contribution is 0.669. The predicted molar refractivity (Wildman–Crippen MR) is 257 cm³/mol. The summed E-state index contributed by atoms with van der Waals surface area (Å²) < 4.78 is 8.65. The minimum Gasteiger partial charge on any atom is -0.456 e. The fraction of sp³-hybridized carbons (Fsp3) is 0.0351. The van der Waals surface area contributed by atoms with Gasteiger partial charge in [-0.3, -0.25) is 4.57 Å². The quantitative estimate of drug-likeness (QED) is 0.168. The highest BCUT2D eigenvalue weighted by molar-refractivity contribution is 6.17. The van der Waals surface area contributed by atoms with E-state index >= 15 is 0 Å². The first kappa shape index (κ1) is 36.9. The lowest BCUT2D eigenvalue weighted by Gasteiger charge is -2.13. The summed E-state index contributed by atoms with van der Waals surface area (Å²) in [5.74, 6) is 1.74. The van der Waals surface area contributed by atoms with Gasteiger partial charge in [0.05, 0.1) is 11.0 Å². The topological polar surface area (TPSA) is 56.7 Å². The number of fused-ring (bicyclic) bond motifs is 7. The molecule has 0 saturated heterocycles. The SMILES string of the molecule is CC.c1ccc(-c2ccc(-c3nc(-c4ccc(-c5ccccc5)cc4)nc(-n4c5cc6ccccc6cc5c5cccc(-c6ccc7c(c6)oc6ccccc67)c54)n3)cc2)cc1. The van der Waals surface area contributed by atoms with Gasteiger partial charge in [0.2, 0.25) is 5.95 Å². The van der Waals surface area contributed by atoms with Crippen LogP contribution in [0.15, 0.2) is 211 Å². The molecule has 12 rings (SSSR count). The van der Waals surface area contributed by atoms with Gasteiger partial charge in [0.1, 0.15) is 11.2 Å². The fourth-order valence-corrected chi connectivity index (χ4v) is 8.69. The number of furan rings is 1. The molecular weight excluding hydrogens is 757 g/mol. The molecular formula is C57H40N4O. The largest absolute Gasteiger partial charge is 0.456 e. The highest BCUT2D eigenvalue weighted by Crippen LogP contribution is 2.41. The van der Waals surface area contributed by atoms with E-state index in [0.29, 0.717) is 17.6 Å². The van der Waals surface area contributed by atoms with Crippen molar-refractivity contribution in [2.45, 2.75) is 13.8 Å². The van der Waals surface area contributed by atoms with Crippen LogP contribution in [0.2, 0.25) is 0 Å². The Morgan fingerprint density at radius 3 is 1.50 bits per heavy atom. The Balaban J connectivity index is 0.00000213. The van der Waals surface area contributed by atoms with Gasteiger partial charge in [-0.1, -0.05) is 190 Å². The minimum absolute atomic E-state index is 0.543. The molecule has 3 aromatic heterocycles. The summed E-state index contributed by atoms with van der Waals surface area (Å²) in [4.78, 5) is 15.9. The van der Waals surface area contributed by atoms with Crippen molar-refractivity contribution in [1.82, 2.24) is 19.5 Å². The van der Waals surface area contributed by atoms with Crippen LogP contribution >= 0.6 is 0 Å². The first-order valence-corrected chi connectivity index (χ1v) is 21.2. The number of hydrogen-bond acceptors (Lipinski definition) is 4. The molecule has 0 amide bonds. The molecule has 0 bridgehead atoms. The van der Waals surface area contributed by atoms with E-state index in [9.17, 15) is 0 Å². The zero-order valence-corrected chi connectivity index (χ0v) is 34.3. The molecule has 3 heterocycles. The molecule has 0 saturated carbocycles. The van der Waals surface area contributed by atoms with Crippen LogP contribution in [-0.4, -0.2) is 19.5 Å². The summed E-state index contributed by atoms with van der Waals surface area (Å²) >= 11 is 0. The maximum absolute atomic E-state index is 6.42. The zero-order chi connectivity index (χ0) is 41.6. The van der Waals surface area contributed by atoms with Gasteiger partial charge in [-0.05, 0) is 68.9 Å². The lowest BCUT2D eigenvalue weighted by atomic mass is 10.00. The standard InChI is InChI=1S/C55H34N4O.C2H6/c1-3-12-35(13-4-1)37-22-26-39(27-23-37)53-56-54(40-28-24-38(25-29-40)36-14-5-2-6-15-36)58-55(57-53)59-49-33-42-17-8-7-16-41(42)32-48(49)47-20-11-19-44(52(47)59)43-30-31-46-45-18-9-10-21-50(45)60-51(46)34-43;1-2/h1-34H;1-2H3. The summed E-state index contributed by atoms with van der Waals surface area (Å²) in [6.45, 7) is 4.00. The van der Waals surface area contributed by atoms with E-state index in [1.807, 2.05) is 38.1 Å². The smallest absolute Gasteiger partial charge is 0.238 e. The van der Waals surface area contributed by atoms with Crippen LogP contribution in [0.3, 0.4) is 0 Å². The highest BCUT2D eigenvalue weighted by atomic mass is 16.3. The molecule has 0 atom stereocenters. The average Bonchev–Trinajstić information content (AvgIpc) is 3.89. The van der Waals surface area contributed by atoms with Gasteiger partial charge in [-0.2, -0.15) is 9.97 Å². The number of para-hydroxylation sites is 2. The van der Waals surface area contributed by atoms with E-state index in [-0.39, 0.29) is 0 Å². The third kappa shape index (κ3) is 6.39. The Labute approximate surface area is 359 Å². The van der Waals surface area contributed by atoms with Crippen LogP contribution in [0.25, 0.3) is 117 Å². The predicted octanol–water partition coefficient (Wildman–Crippen LogP) is 15.4. The molecule has 62 heavy (non-hydrogen) atoms. The second kappa shape index (κ2) is 15.5. The molecule has 5 nitrogen and oxygen atoms in total. The summed E-state index contributed by atoms with van der Waals surface area (Å²) in [6.07, 6.45) is 0. The van der Waals surface area contributed by atoms with Crippen molar-refractivity contribution in [3.8, 4) is 62.1 Å². The van der Waals surface area contributed by atoms with Gasteiger partial charge in [0, 0.05) is 38.2 Å². The van der Waals surface area contributed by atoms with E-state index in [1.165, 1.54) is 5.39 Å². The third-order valence-electron chi connectivity index (χ3n) is 11.7. The van der Waals surface area contributed by atoms with Crippen LogP contribution in [-0.2, 0) is 0 Å². The van der Waals surface area contributed by atoms with E-state index in [2.05, 4.69) is 187 Å². The number of nitrogens with zero attached hydrogens (tertiary/aromatic N) is 4. The molecule has 0 aliphatic heterocycles. The maximum atomic E-state index is 6.42. The van der Waals surface area contributed by atoms with E-state index in [1.54, 1.807) is 0 Å². The number of rotatable bonds is 6. The van der Waals surface area contributed by atoms with Gasteiger partial charge >= 0.3 is 0 Å². The Morgan fingerprint density at radius 2 is 0.855 bits per heavy atom. The molecule has 0 aliphatic rings. The molecule has 294 valence electrons. The number of aromatic nitrogens is 4. The number of benzene rings is 9. The van der Waals surface area contributed by atoms with Crippen molar-refractivity contribution in [3.63, 3.8) is 0 Å². The second-order valence-corrected chi connectivity index (χ2v) is 15.2. The Kier molecular flexibility index (Phi) is 9.20. The fourth-order valence-electron chi connectivity index (χ4n) is 8.69. The van der Waals surface area contributed by atoms with E-state index in [0.717, 1.165) is 93.6 Å². The summed E-state index contributed by atoms with van der Waals surface area (Å²) in [7, 11) is 0. The maximum Gasteiger partial charge on any atom is 0.238 e. The first-order chi connectivity index (χ1) is 30.7. The monoisotopic (exact) mass is 796 g/mol. The van der Waals surface area contributed by atoms with Crippen molar-refractivity contribution in [1.29, 1.82) is 0 Å². The normalized spacial score (nSPS) is 11.4. The van der Waals surface area contributed by atoms with Crippen molar-refractivity contribution in [2.24, 2.45) is 0 Å². The molecule has 9 aromatic carbocycles. The molecule has 5 heteroatoms. The zero-order valence-electron chi connectivity index (χ0n) is 34.3. The molecule has 0 N–H and O–H groups in total. The van der Waals surface area contributed by atoms with E-state index in [4.69, 9.17) is 19.4 Å². The molecule has 0 fully saturated rings. The van der Waals surface area contributed by atoms with Gasteiger partial charge in [0.25, 0.3) is 0 Å². The lowest BCUT2D eigenvalue weighted by Crippen LogP contribution is -2.07. The van der Waals surface area contributed by atoms with Gasteiger partial charge < -0.3 is 4.42 Å². The van der Waals surface area contributed by atoms with Crippen LogP contribution in [0.4, 0.5) is 0 Å². The van der Waals surface area contributed by atoms with Crippen molar-refractivity contribution >= 4 is 54.5 Å². The molecule has 0 aliphatic carbocycles. The van der Waals surface area contributed by atoms with Crippen molar-refractivity contribution in [2.75, 3.05) is 0 Å². The molecule has 12 aromatic rings. The summed E-state index contributed by atoms with van der Waals surface area (Å²) in [5.41, 5.74) is 12.2. The third-order valence-corrected chi connectivity index (χ3v) is 11.7. The van der Waals surface area contributed by atoms with Crippen molar-refractivity contribution in [3.05, 3.63) is 206 Å². The van der Waals surface area contributed by atoms with Gasteiger partial charge in [-0.15, -0.1) is 0 Å². The highest BCUT2D eigenvalue weighted by Gasteiger charge is 2.22. The Hall–Kier alpha value is -8.15. The summed E-state index contributed by atoms with van der Waals surface area (Å²) in [5, 5.41) is 6.75. The van der Waals surface area contributed by atoms with Gasteiger partial charge in [-0.25, -0.2) is 4.98 Å². The molecule has 0 radical (unpaired) electrons. The van der Waals surface area contributed by atoms with E-state index < -0.39 is 0 Å². The van der Waals surface area contributed by atoms with Crippen LogP contribution < -0.4 is 0 Å². The van der Waals surface area contributed by atoms with Crippen LogP contribution in [0.5, 0.6) is 0 Å². The van der Waals surface area contributed by atoms with Crippen molar-refractivity contribution < 1.29 is 4.42 Å². The Bertz CT molecular complexity index is 3470. The second-order valence-electron chi connectivity index (χ2n) is 15.2. The summed E-state index contributed by atoms with van der Waals surface area (Å²) in [6, 6.07) is 72.2. The van der Waals surface area contributed by atoms with Crippen LogP contribution in [0.1, 0.15) is 13.8 Å².